The standard InChI is InChI=1S/C22H23F3N2O4/c1-5-19(15-9-7-10-16(12-15)22(23,24)25)26-31-13-18-14(2)8-6-11-17(18)20(27-30-4)21(28)29-3/h6-12H,5,13H2,1-4H3/b26-19+,27-20+. The minimum atomic E-state index is -4.45. The number of ether oxygens (including phenoxy) is 1. The summed E-state index contributed by atoms with van der Waals surface area (Å²) in [7, 11) is 2.54. The van der Waals surface area contributed by atoms with E-state index in [1.54, 1.807) is 25.1 Å². The van der Waals surface area contributed by atoms with Crippen LogP contribution in [0.4, 0.5) is 13.2 Å². The number of nitrogens with zero attached hydrogens (tertiary/aromatic N) is 2. The van der Waals surface area contributed by atoms with E-state index in [4.69, 9.17) is 14.4 Å². The molecule has 0 aromatic heterocycles. The number of oxime groups is 2. The summed E-state index contributed by atoms with van der Waals surface area (Å²) < 4.78 is 43.8. The first kappa shape index (κ1) is 23.9. The average Bonchev–Trinajstić information content (AvgIpc) is 2.75. The number of halogens is 3. The lowest BCUT2D eigenvalue weighted by Crippen LogP contribution is -2.20. The number of carbonyl (C=O) groups excluding carboxylic acids is 1. The van der Waals surface area contributed by atoms with Crippen LogP contribution in [-0.2, 0) is 32.0 Å². The van der Waals surface area contributed by atoms with Gasteiger partial charge in [-0.15, -0.1) is 0 Å². The third-order valence-corrected chi connectivity index (χ3v) is 4.47. The molecule has 2 aromatic carbocycles. The van der Waals surface area contributed by atoms with Crippen LogP contribution < -0.4 is 0 Å². The van der Waals surface area contributed by atoms with E-state index in [0.717, 1.165) is 17.7 Å². The maximum absolute atomic E-state index is 13.0. The number of methoxy groups -OCH3 is 1. The van der Waals surface area contributed by atoms with E-state index >= 15 is 0 Å². The summed E-state index contributed by atoms with van der Waals surface area (Å²) >= 11 is 0. The zero-order valence-electron chi connectivity index (χ0n) is 17.6. The molecular weight excluding hydrogens is 413 g/mol. The van der Waals surface area contributed by atoms with Crippen molar-refractivity contribution in [1.29, 1.82) is 0 Å². The molecule has 9 heteroatoms. The highest BCUT2D eigenvalue weighted by molar-refractivity contribution is 6.43. The molecule has 0 fully saturated rings. The fraction of sp³-hybridized carbons (Fsp3) is 0.318. The van der Waals surface area contributed by atoms with Crippen LogP contribution in [0.25, 0.3) is 0 Å². The van der Waals surface area contributed by atoms with Gasteiger partial charge >= 0.3 is 12.1 Å². The van der Waals surface area contributed by atoms with Crippen molar-refractivity contribution in [2.75, 3.05) is 14.2 Å². The molecule has 0 heterocycles. The molecule has 0 N–H and O–H groups in total. The van der Waals surface area contributed by atoms with Crippen molar-refractivity contribution in [2.24, 2.45) is 10.3 Å². The molecular formula is C22H23F3N2O4. The lowest BCUT2D eigenvalue weighted by atomic mass is 9.99. The molecule has 0 aliphatic carbocycles. The highest BCUT2D eigenvalue weighted by Crippen LogP contribution is 2.30. The zero-order chi connectivity index (χ0) is 23.0. The van der Waals surface area contributed by atoms with Gasteiger partial charge in [0, 0.05) is 11.1 Å². The summed E-state index contributed by atoms with van der Waals surface area (Å²) in [5.41, 5.74) is 1.75. The molecule has 0 aliphatic rings. The van der Waals surface area contributed by atoms with Crippen LogP contribution in [0.5, 0.6) is 0 Å². The van der Waals surface area contributed by atoms with Crippen molar-refractivity contribution in [2.45, 2.75) is 33.1 Å². The van der Waals surface area contributed by atoms with E-state index < -0.39 is 17.7 Å². The molecule has 0 saturated heterocycles. The summed E-state index contributed by atoms with van der Waals surface area (Å²) in [5.74, 6) is -0.685. The van der Waals surface area contributed by atoms with Crippen LogP contribution in [-0.4, -0.2) is 31.6 Å². The molecule has 0 unspecified atom stereocenters. The summed E-state index contributed by atoms with van der Waals surface area (Å²) in [6, 6.07) is 10.1. The van der Waals surface area contributed by atoms with Gasteiger partial charge in [0.25, 0.3) is 0 Å². The Balaban J connectivity index is 2.33. The predicted molar refractivity (Wildman–Crippen MR) is 110 cm³/mol. The molecule has 6 nitrogen and oxygen atoms in total. The van der Waals surface area contributed by atoms with Crippen LogP contribution >= 0.6 is 0 Å². The molecule has 0 radical (unpaired) electrons. The lowest BCUT2D eigenvalue weighted by molar-refractivity contribution is -0.137. The van der Waals surface area contributed by atoms with Crippen LogP contribution in [0.1, 0.15) is 41.2 Å². The summed E-state index contributed by atoms with van der Waals surface area (Å²) in [6.07, 6.45) is -4.09. The number of esters is 1. The first-order chi connectivity index (χ1) is 14.7. The second kappa shape index (κ2) is 10.6. The Labute approximate surface area is 178 Å². The maximum Gasteiger partial charge on any atom is 0.416 e. The highest BCUT2D eigenvalue weighted by atomic mass is 19.4. The van der Waals surface area contributed by atoms with E-state index in [9.17, 15) is 18.0 Å². The van der Waals surface area contributed by atoms with E-state index in [1.807, 2.05) is 13.0 Å². The number of alkyl halides is 3. The minimum absolute atomic E-state index is 0.0372. The molecule has 0 spiro atoms. The van der Waals surface area contributed by atoms with Gasteiger partial charge in [0.15, 0.2) is 5.71 Å². The first-order valence-corrected chi connectivity index (χ1v) is 9.37. The van der Waals surface area contributed by atoms with Crippen LogP contribution in [0, 0.1) is 6.92 Å². The number of aryl methyl sites for hydroxylation is 1. The molecule has 31 heavy (non-hydrogen) atoms. The second-order valence-electron chi connectivity index (χ2n) is 6.46. The molecule has 0 aliphatic heterocycles. The van der Waals surface area contributed by atoms with Gasteiger partial charge in [-0.2, -0.15) is 13.2 Å². The molecule has 0 amide bonds. The van der Waals surface area contributed by atoms with Crippen molar-refractivity contribution in [1.82, 2.24) is 0 Å². The largest absolute Gasteiger partial charge is 0.464 e. The van der Waals surface area contributed by atoms with Crippen LogP contribution in [0.2, 0.25) is 0 Å². The Morgan fingerprint density at radius 2 is 1.77 bits per heavy atom. The van der Waals surface area contributed by atoms with Gasteiger partial charge in [0.05, 0.1) is 18.4 Å². The Morgan fingerprint density at radius 3 is 2.39 bits per heavy atom. The third-order valence-electron chi connectivity index (χ3n) is 4.47. The number of hydrogen-bond donors (Lipinski definition) is 0. The molecule has 2 aromatic rings. The number of rotatable bonds is 8. The molecule has 166 valence electrons. The van der Waals surface area contributed by atoms with Gasteiger partial charge in [0.2, 0.25) is 0 Å². The monoisotopic (exact) mass is 436 g/mol. The second-order valence-corrected chi connectivity index (χ2v) is 6.46. The van der Waals surface area contributed by atoms with Crippen molar-refractivity contribution >= 4 is 17.4 Å². The fourth-order valence-corrected chi connectivity index (χ4v) is 2.87. The third kappa shape index (κ3) is 6.07. The number of carbonyl (C=O) groups is 1. The summed E-state index contributed by atoms with van der Waals surface area (Å²) in [4.78, 5) is 22.3. The fourth-order valence-electron chi connectivity index (χ4n) is 2.87. The maximum atomic E-state index is 13.0. The summed E-state index contributed by atoms with van der Waals surface area (Å²) in [6.45, 7) is 3.55. The highest BCUT2D eigenvalue weighted by Gasteiger charge is 2.30. The van der Waals surface area contributed by atoms with Gasteiger partial charge in [-0.05, 0) is 36.6 Å². The first-order valence-electron chi connectivity index (χ1n) is 9.37. The van der Waals surface area contributed by atoms with Gasteiger partial charge in [-0.3, -0.25) is 0 Å². The SMILES string of the molecule is CC/C(=N\OCc1c(C)cccc1/C(=N\OC)C(=O)OC)c1cccc(C(F)(F)F)c1. The topological polar surface area (TPSA) is 69.5 Å². The van der Waals surface area contributed by atoms with Gasteiger partial charge < -0.3 is 14.4 Å². The smallest absolute Gasteiger partial charge is 0.416 e. The Morgan fingerprint density at radius 1 is 1.06 bits per heavy atom. The van der Waals surface area contributed by atoms with Crippen molar-refractivity contribution < 1.29 is 32.4 Å². The van der Waals surface area contributed by atoms with E-state index in [0.29, 0.717) is 28.8 Å². The Bertz CT molecular complexity index is 985. The molecule has 0 atom stereocenters. The van der Waals surface area contributed by atoms with Crippen LogP contribution in [0.15, 0.2) is 52.8 Å². The molecule has 0 saturated carbocycles. The average molecular weight is 436 g/mol. The van der Waals surface area contributed by atoms with Gasteiger partial charge in [-0.25, -0.2) is 4.79 Å². The van der Waals surface area contributed by atoms with Crippen molar-refractivity contribution in [3.63, 3.8) is 0 Å². The van der Waals surface area contributed by atoms with E-state index in [1.165, 1.54) is 20.3 Å². The molecule has 0 bridgehead atoms. The van der Waals surface area contributed by atoms with E-state index in [2.05, 4.69) is 10.3 Å². The normalized spacial score (nSPS) is 12.5. The van der Waals surface area contributed by atoms with E-state index in [-0.39, 0.29) is 12.3 Å². The molecule has 2 rings (SSSR count). The van der Waals surface area contributed by atoms with Crippen molar-refractivity contribution in [3.8, 4) is 0 Å². The minimum Gasteiger partial charge on any atom is -0.464 e. The number of benzene rings is 2. The predicted octanol–water partition coefficient (Wildman–Crippen LogP) is 4.87. The summed E-state index contributed by atoms with van der Waals surface area (Å²) in [5, 5.41) is 7.80. The number of hydrogen-bond acceptors (Lipinski definition) is 6. The Kier molecular flexibility index (Phi) is 8.18. The lowest BCUT2D eigenvalue weighted by Gasteiger charge is -2.13. The van der Waals surface area contributed by atoms with Crippen LogP contribution in [0.3, 0.4) is 0 Å². The van der Waals surface area contributed by atoms with Gasteiger partial charge in [0.1, 0.15) is 13.7 Å². The Hall–Kier alpha value is -3.36. The van der Waals surface area contributed by atoms with Crippen molar-refractivity contribution in [3.05, 3.63) is 70.3 Å². The zero-order valence-corrected chi connectivity index (χ0v) is 17.6. The quantitative estimate of drug-likeness (QED) is 0.336. The van der Waals surface area contributed by atoms with Gasteiger partial charge in [-0.1, -0.05) is 47.6 Å².